The summed E-state index contributed by atoms with van der Waals surface area (Å²) in [6, 6.07) is 44.4. The van der Waals surface area contributed by atoms with Crippen LogP contribution in [0.3, 0.4) is 0 Å². The number of aryl methyl sites for hydroxylation is 1. The number of rotatable bonds is 3. The normalized spacial score (nSPS) is 17.7. The molecule has 3 heterocycles. The van der Waals surface area contributed by atoms with E-state index in [1.165, 1.54) is 38.4 Å². The minimum absolute atomic E-state index is 0.251. The Bertz CT molecular complexity index is 3510. The topological polar surface area (TPSA) is 70.6 Å². The zero-order valence-corrected chi connectivity index (χ0v) is 32.0. The Morgan fingerprint density at radius 1 is 0.690 bits per heavy atom. The molecule has 0 aliphatic heterocycles. The van der Waals surface area contributed by atoms with Crippen molar-refractivity contribution in [2.45, 2.75) is 38.5 Å². The van der Waals surface area contributed by atoms with E-state index >= 15 is 0 Å². The molecule has 2 unspecified atom stereocenters. The second-order valence-electron chi connectivity index (χ2n) is 16.1. The largest absolute Gasteiger partial charge is 0.456 e. The number of allylic oxidation sites excluding steroid dienone is 6. The molecule has 3 aromatic heterocycles. The molecule has 0 N–H and O–H groups in total. The first-order chi connectivity index (χ1) is 28.6. The number of benzene rings is 6. The summed E-state index contributed by atoms with van der Waals surface area (Å²) in [6.07, 6.45) is 14.2. The van der Waals surface area contributed by atoms with Crippen LogP contribution in [0.2, 0.25) is 0 Å². The number of furan rings is 1. The molecular formula is C53H36N4O. The standard InChI is InChI=1S/C53H36N4O/c1-31-9-8-15-41-51-38-12-4-2-10-32(38)18-23-46(51)57(53(31)41)48-28-36(29-54)47(27-37(48)30-55)56-44-21-19-34(26-43(44)52-39-13-5-3-11-33(39)17-22-45(52)56)35-20-24-50-42(25-35)40-14-6-7-16-49(40)58-50/h2-5,7-8,10-13,15-27,31,36H,6,9,14,28H2,1H3. The summed E-state index contributed by atoms with van der Waals surface area (Å²) in [5.74, 6) is 0.722. The quantitative estimate of drug-likeness (QED) is 0.181. The molecule has 6 aromatic carbocycles. The molecule has 3 aliphatic rings. The molecule has 5 heteroatoms. The van der Waals surface area contributed by atoms with E-state index in [0.717, 1.165) is 91.2 Å². The second kappa shape index (κ2) is 12.3. The van der Waals surface area contributed by atoms with Crippen molar-refractivity contribution in [2.24, 2.45) is 5.92 Å². The van der Waals surface area contributed by atoms with Crippen LogP contribution in [0.4, 0.5) is 0 Å². The minimum Gasteiger partial charge on any atom is -0.456 e. The first-order valence-corrected chi connectivity index (χ1v) is 20.3. The molecule has 0 spiro atoms. The van der Waals surface area contributed by atoms with Gasteiger partial charge < -0.3 is 13.6 Å². The Labute approximate surface area is 334 Å². The Kier molecular flexibility index (Phi) is 6.98. The average molecular weight is 745 g/mol. The fourth-order valence-electron chi connectivity index (χ4n) is 10.3. The van der Waals surface area contributed by atoms with E-state index in [-0.39, 0.29) is 5.92 Å². The predicted molar refractivity (Wildman–Crippen MR) is 238 cm³/mol. The van der Waals surface area contributed by atoms with E-state index in [9.17, 15) is 10.5 Å². The highest BCUT2D eigenvalue weighted by Crippen LogP contribution is 2.47. The highest BCUT2D eigenvalue weighted by Gasteiger charge is 2.33. The minimum atomic E-state index is -0.497. The maximum Gasteiger partial charge on any atom is 0.135 e. The smallest absolute Gasteiger partial charge is 0.135 e. The fourth-order valence-corrected chi connectivity index (χ4v) is 10.3. The van der Waals surface area contributed by atoms with Gasteiger partial charge in [0.2, 0.25) is 0 Å². The first-order valence-electron chi connectivity index (χ1n) is 20.3. The monoisotopic (exact) mass is 744 g/mol. The lowest BCUT2D eigenvalue weighted by atomic mass is 9.89. The average Bonchev–Trinajstić information content (AvgIpc) is 3.94. The number of nitrogens with zero attached hydrogens (tertiary/aromatic N) is 4. The van der Waals surface area contributed by atoms with E-state index in [2.05, 4.69) is 162 Å². The fraction of sp³-hybridized carbons (Fsp3) is 0.132. The van der Waals surface area contributed by atoms with Crippen molar-refractivity contribution < 1.29 is 4.42 Å². The summed E-state index contributed by atoms with van der Waals surface area (Å²) in [6.45, 7) is 2.27. The van der Waals surface area contributed by atoms with Crippen molar-refractivity contribution >= 4 is 88.8 Å². The van der Waals surface area contributed by atoms with Crippen molar-refractivity contribution in [3.8, 4) is 23.3 Å². The van der Waals surface area contributed by atoms with E-state index in [1.54, 1.807) is 0 Å². The predicted octanol–water partition coefficient (Wildman–Crippen LogP) is 13.8. The maximum atomic E-state index is 11.1. The molecule has 0 amide bonds. The van der Waals surface area contributed by atoms with Gasteiger partial charge >= 0.3 is 0 Å². The second-order valence-corrected chi connectivity index (χ2v) is 16.1. The maximum absolute atomic E-state index is 11.1. The van der Waals surface area contributed by atoms with E-state index in [4.69, 9.17) is 4.42 Å². The van der Waals surface area contributed by atoms with Crippen LogP contribution in [0, 0.1) is 28.6 Å². The van der Waals surface area contributed by atoms with Crippen molar-refractivity contribution in [1.29, 1.82) is 10.5 Å². The van der Waals surface area contributed by atoms with Gasteiger partial charge in [-0.1, -0.05) is 97.9 Å². The summed E-state index contributed by atoms with van der Waals surface area (Å²) >= 11 is 0. The van der Waals surface area contributed by atoms with E-state index in [0.29, 0.717) is 12.0 Å². The molecule has 58 heavy (non-hydrogen) atoms. The van der Waals surface area contributed by atoms with Gasteiger partial charge in [-0.2, -0.15) is 10.5 Å². The molecule has 0 saturated heterocycles. The lowest BCUT2D eigenvalue weighted by molar-refractivity contribution is 0.595. The molecule has 9 aromatic rings. The SMILES string of the molecule is CC1CC=Cc2c1n(C1=C(C#N)C=C(n3c4ccc(-c5ccc6oc7c(c6c5)CCC=C7)cc4c4c5ccccc5ccc43)C(C#N)C1)c1ccc3ccccc3c21. The summed E-state index contributed by atoms with van der Waals surface area (Å²) in [4.78, 5) is 0. The highest BCUT2D eigenvalue weighted by molar-refractivity contribution is 6.22. The number of hydrogen-bond acceptors (Lipinski definition) is 3. The molecule has 12 rings (SSSR count). The summed E-state index contributed by atoms with van der Waals surface area (Å²) in [7, 11) is 0. The number of aromatic nitrogens is 2. The molecule has 274 valence electrons. The highest BCUT2D eigenvalue weighted by atomic mass is 16.3. The molecule has 5 nitrogen and oxygen atoms in total. The van der Waals surface area contributed by atoms with Gasteiger partial charge in [0, 0.05) is 62.1 Å². The van der Waals surface area contributed by atoms with Gasteiger partial charge in [0.25, 0.3) is 0 Å². The molecule has 3 aliphatic carbocycles. The molecule has 0 saturated carbocycles. The molecule has 0 bridgehead atoms. The van der Waals surface area contributed by atoms with Crippen molar-refractivity contribution in [3.63, 3.8) is 0 Å². The first kappa shape index (κ1) is 32.9. The number of nitriles is 2. The zero-order chi connectivity index (χ0) is 38.6. The Morgan fingerprint density at radius 2 is 1.40 bits per heavy atom. The van der Waals surface area contributed by atoms with Gasteiger partial charge in [0.05, 0.1) is 34.1 Å². The third kappa shape index (κ3) is 4.56. The molecule has 0 fully saturated rings. The lowest BCUT2D eigenvalue weighted by Crippen LogP contribution is -2.18. The lowest BCUT2D eigenvalue weighted by Gasteiger charge is -2.27. The van der Waals surface area contributed by atoms with Crippen LogP contribution in [0.5, 0.6) is 0 Å². The summed E-state index contributed by atoms with van der Waals surface area (Å²) in [5, 5.41) is 31.5. The Morgan fingerprint density at radius 3 is 2.17 bits per heavy atom. The van der Waals surface area contributed by atoms with Gasteiger partial charge in [-0.3, -0.25) is 0 Å². The third-order valence-corrected chi connectivity index (χ3v) is 13.0. The summed E-state index contributed by atoms with van der Waals surface area (Å²) in [5.41, 5.74) is 12.3. The van der Waals surface area contributed by atoms with Crippen LogP contribution in [-0.4, -0.2) is 9.13 Å². The van der Waals surface area contributed by atoms with Crippen LogP contribution < -0.4 is 0 Å². The van der Waals surface area contributed by atoms with Crippen LogP contribution in [-0.2, 0) is 6.42 Å². The summed E-state index contributed by atoms with van der Waals surface area (Å²) < 4.78 is 10.8. The Balaban J connectivity index is 1.10. The van der Waals surface area contributed by atoms with Crippen molar-refractivity contribution in [2.75, 3.05) is 0 Å². The Hall–Kier alpha value is -7.34. The molecule has 0 radical (unpaired) electrons. The van der Waals surface area contributed by atoms with Crippen LogP contribution >= 0.6 is 0 Å². The number of hydrogen-bond donors (Lipinski definition) is 0. The van der Waals surface area contributed by atoms with Gasteiger partial charge in [-0.05, 0) is 100 Å². The van der Waals surface area contributed by atoms with Gasteiger partial charge in [-0.15, -0.1) is 0 Å². The van der Waals surface area contributed by atoms with Gasteiger partial charge in [0.1, 0.15) is 17.4 Å². The van der Waals surface area contributed by atoms with E-state index in [1.807, 2.05) is 6.08 Å². The number of fused-ring (bicyclic) bond motifs is 13. The van der Waals surface area contributed by atoms with Crippen LogP contribution in [0.25, 0.3) is 99.9 Å². The van der Waals surface area contributed by atoms with Gasteiger partial charge in [0.15, 0.2) is 0 Å². The van der Waals surface area contributed by atoms with Crippen LogP contribution in [0.15, 0.2) is 137 Å². The van der Waals surface area contributed by atoms with Crippen LogP contribution in [0.1, 0.15) is 54.7 Å². The zero-order valence-electron chi connectivity index (χ0n) is 32.0. The third-order valence-electron chi connectivity index (χ3n) is 13.0. The molecule has 2 atom stereocenters. The van der Waals surface area contributed by atoms with Gasteiger partial charge in [-0.25, -0.2) is 0 Å². The molecular weight excluding hydrogens is 709 g/mol. The van der Waals surface area contributed by atoms with E-state index < -0.39 is 5.92 Å². The van der Waals surface area contributed by atoms with Crippen molar-refractivity contribution in [1.82, 2.24) is 9.13 Å². The van der Waals surface area contributed by atoms with Crippen molar-refractivity contribution in [3.05, 3.63) is 156 Å².